The second kappa shape index (κ2) is 6.26. The van der Waals surface area contributed by atoms with Crippen LogP contribution in [0.3, 0.4) is 0 Å². The molecular formula is C20H23OP. The highest BCUT2D eigenvalue weighted by Gasteiger charge is 2.32. The zero-order valence-corrected chi connectivity index (χ0v) is 14.0. The third kappa shape index (κ3) is 3.10. The van der Waals surface area contributed by atoms with Gasteiger partial charge in [-0.3, -0.25) is 0 Å². The Balaban J connectivity index is 1.94. The third-order valence-corrected chi connectivity index (χ3v) is 7.86. The maximum absolute atomic E-state index is 13.9. The maximum atomic E-state index is 13.9. The van der Waals surface area contributed by atoms with Crippen LogP contribution in [0.2, 0.25) is 0 Å². The number of rotatable bonds is 5. The van der Waals surface area contributed by atoms with Crippen molar-refractivity contribution < 1.29 is 4.57 Å². The van der Waals surface area contributed by atoms with E-state index in [1.807, 2.05) is 60.7 Å². The molecule has 0 aromatic heterocycles. The number of hydrogen-bond acceptors (Lipinski definition) is 1. The molecule has 0 fully saturated rings. The van der Waals surface area contributed by atoms with Crippen LogP contribution < -0.4 is 10.6 Å². The van der Waals surface area contributed by atoms with Gasteiger partial charge in [0.15, 0.2) is 0 Å². The lowest BCUT2D eigenvalue weighted by Crippen LogP contribution is -2.22. The first-order valence-corrected chi connectivity index (χ1v) is 9.90. The average Bonchev–Trinajstić information content (AvgIpc) is 3.01. The first-order chi connectivity index (χ1) is 10.6. The second-order valence-corrected chi connectivity index (χ2v) is 9.44. The van der Waals surface area contributed by atoms with Gasteiger partial charge in [-0.2, -0.15) is 0 Å². The summed E-state index contributed by atoms with van der Waals surface area (Å²) in [7, 11) is -2.55. The summed E-state index contributed by atoms with van der Waals surface area (Å²) in [4.78, 5) is 0. The Morgan fingerprint density at radius 2 is 1.50 bits per heavy atom. The summed E-state index contributed by atoms with van der Waals surface area (Å²) >= 11 is 0. The summed E-state index contributed by atoms with van der Waals surface area (Å²) in [6.45, 7) is 2.29. The normalized spacial score (nSPS) is 21.1. The number of allylic oxidation sites excluding steroid dienone is 2. The second-order valence-electron chi connectivity index (χ2n) is 6.48. The van der Waals surface area contributed by atoms with Crippen molar-refractivity contribution in [1.29, 1.82) is 0 Å². The lowest BCUT2D eigenvalue weighted by atomic mass is 9.87. The molecule has 3 rings (SSSR count). The summed E-state index contributed by atoms with van der Waals surface area (Å²) in [5, 5.41) is 1.96. The molecule has 2 aromatic rings. The molecule has 0 saturated carbocycles. The van der Waals surface area contributed by atoms with Crippen LogP contribution in [0.1, 0.15) is 26.2 Å². The van der Waals surface area contributed by atoms with E-state index in [0.29, 0.717) is 0 Å². The molecule has 0 spiro atoms. The van der Waals surface area contributed by atoms with E-state index < -0.39 is 7.14 Å². The van der Waals surface area contributed by atoms with Gasteiger partial charge in [-0.05, 0) is 24.7 Å². The predicted molar refractivity (Wildman–Crippen MR) is 95.7 cm³/mol. The minimum absolute atomic E-state index is 0.208. The van der Waals surface area contributed by atoms with E-state index in [1.54, 1.807) is 0 Å². The van der Waals surface area contributed by atoms with Gasteiger partial charge in [-0.15, -0.1) is 0 Å². The van der Waals surface area contributed by atoms with Gasteiger partial charge in [-0.1, -0.05) is 79.7 Å². The van der Waals surface area contributed by atoms with E-state index in [2.05, 4.69) is 19.1 Å². The summed E-state index contributed by atoms with van der Waals surface area (Å²) in [6.07, 6.45) is 8.61. The maximum Gasteiger partial charge on any atom is 0.143 e. The molecule has 22 heavy (non-hydrogen) atoms. The standard InChI is InChI=1S/C20H23OP/c1-20(14-8-9-15-20)16-17-22(21,18-10-4-2-5-11-18)19-12-6-3-7-13-19/h2-8,10-14H,9,15-17H2,1H3/t20-/m0/s1. The number of hydrogen-bond donors (Lipinski definition) is 0. The smallest absolute Gasteiger partial charge is 0.143 e. The largest absolute Gasteiger partial charge is 0.314 e. The van der Waals surface area contributed by atoms with Crippen LogP contribution in [0.15, 0.2) is 72.8 Å². The van der Waals surface area contributed by atoms with E-state index in [1.165, 1.54) is 6.42 Å². The van der Waals surface area contributed by atoms with Crippen molar-refractivity contribution in [2.45, 2.75) is 26.2 Å². The summed E-state index contributed by atoms with van der Waals surface area (Å²) in [5.74, 6) is 0. The molecule has 114 valence electrons. The highest BCUT2D eigenvalue weighted by molar-refractivity contribution is 7.78. The molecular weight excluding hydrogens is 287 g/mol. The third-order valence-electron chi connectivity index (χ3n) is 4.75. The predicted octanol–water partition coefficient (Wildman–Crippen LogP) is 4.75. The average molecular weight is 310 g/mol. The van der Waals surface area contributed by atoms with Gasteiger partial charge < -0.3 is 4.57 Å². The van der Waals surface area contributed by atoms with Gasteiger partial charge in [0.05, 0.1) is 0 Å². The SMILES string of the molecule is C[C@]1(CCP(=O)(c2ccccc2)c2ccccc2)C=CCC1. The van der Waals surface area contributed by atoms with Crippen molar-refractivity contribution in [2.24, 2.45) is 5.41 Å². The van der Waals surface area contributed by atoms with Gasteiger partial charge >= 0.3 is 0 Å². The van der Waals surface area contributed by atoms with Crippen molar-refractivity contribution in [3.8, 4) is 0 Å². The van der Waals surface area contributed by atoms with Gasteiger partial charge in [0.1, 0.15) is 7.14 Å². The Bertz CT molecular complexity index is 647. The fourth-order valence-corrected chi connectivity index (χ4v) is 6.18. The van der Waals surface area contributed by atoms with Crippen LogP contribution in [0, 0.1) is 5.41 Å². The zero-order chi connectivity index (χ0) is 15.5. The van der Waals surface area contributed by atoms with Crippen molar-refractivity contribution in [2.75, 3.05) is 6.16 Å². The molecule has 0 bridgehead atoms. The molecule has 0 amide bonds. The van der Waals surface area contributed by atoms with Gasteiger partial charge in [0.25, 0.3) is 0 Å². The topological polar surface area (TPSA) is 17.1 Å². The van der Waals surface area contributed by atoms with E-state index in [4.69, 9.17) is 0 Å². The van der Waals surface area contributed by atoms with Crippen LogP contribution >= 0.6 is 7.14 Å². The first kappa shape index (κ1) is 15.3. The van der Waals surface area contributed by atoms with Gasteiger partial charge in [0, 0.05) is 16.8 Å². The van der Waals surface area contributed by atoms with E-state index in [9.17, 15) is 4.57 Å². The van der Waals surface area contributed by atoms with Crippen molar-refractivity contribution in [3.05, 3.63) is 72.8 Å². The highest BCUT2D eigenvalue weighted by atomic mass is 31.2. The fraction of sp³-hybridized carbons (Fsp3) is 0.300. The van der Waals surface area contributed by atoms with Crippen molar-refractivity contribution >= 4 is 17.8 Å². The molecule has 0 heterocycles. The van der Waals surface area contributed by atoms with E-state index in [-0.39, 0.29) is 5.41 Å². The zero-order valence-electron chi connectivity index (χ0n) is 13.1. The Hall–Kier alpha value is -1.59. The fourth-order valence-electron chi connectivity index (χ4n) is 3.23. The molecule has 1 aliphatic carbocycles. The van der Waals surface area contributed by atoms with Crippen molar-refractivity contribution in [3.63, 3.8) is 0 Å². The lowest BCUT2D eigenvalue weighted by Gasteiger charge is -2.26. The van der Waals surface area contributed by atoms with Crippen LogP contribution in [0.25, 0.3) is 0 Å². The Morgan fingerprint density at radius 1 is 0.955 bits per heavy atom. The molecule has 0 radical (unpaired) electrons. The molecule has 2 heteroatoms. The molecule has 0 unspecified atom stereocenters. The number of benzene rings is 2. The first-order valence-electron chi connectivity index (χ1n) is 8.00. The monoisotopic (exact) mass is 310 g/mol. The van der Waals surface area contributed by atoms with E-state index in [0.717, 1.165) is 29.6 Å². The minimum Gasteiger partial charge on any atom is -0.314 e. The van der Waals surface area contributed by atoms with E-state index >= 15 is 0 Å². The van der Waals surface area contributed by atoms with Crippen LogP contribution in [0.5, 0.6) is 0 Å². The molecule has 1 aliphatic rings. The Labute approximate surface area is 133 Å². The Morgan fingerprint density at radius 3 is 1.95 bits per heavy atom. The van der Waals surface area contributed by atoms with Crippen LogP contribution in [0.4, 0.5) is 0 Å². The molecule has 0 N–H and O–H groups in total. The lowest BCUT2D eigenvalue weighted by molar-refractivity contribution is 0.404. The highest BCUT2D eigenvalue weighted by Crippen LogP contribution is 2.48. The van der Waals surface area contributed by atoms with Gasteiger partial charge in [-0.25, -0.2) is 0 Å². The van der Waals surface area contributed by atoms with Crippen LogP contribution in [-0.4, -0.2) is 6.16 Å². The molecule has 2 aromatic carbocycles. The Kier molecular flexibility index (Phi) is 4.36. The molecule has 1 nitrogen and oxygen atoms in total. The minimum atomic E-state index is -2.55. The summed E-state index contributed by atoms with van der Waals surface area (Å²) in [6, 6.07) is 20.0. The molecule has 1 atom stereocenters. The molecule has 0 saturated heterocycles. The molecule has 0 aliphatic heterocycles. The summed E-state index contributed by atoms with van der Waals surface area (Å²) in [5.41, 5.74) is 0.208. The van der Waals surface area contributed by atoms with Crippen molar-refractivity contribution in [1.82, 2.24) is 0 Å². The van der Waals surface area contributed by atoms with Gasteiger partial charge in [0.2, 0.25) is 0 Å². The summed E-state index contributed by atoms with van der Waals surface area (Å²) < 4.78 is 13.9. The quantitative estimate of drug-likeness (QED) is 0.575. The van der Waals surface area contributed by atoms with Crippen LogP contribution in [-0.2, 0) is 4.57 Å².